The average molecular weight is 274 g/mol. The third-order valence-electron chi connectivity index (χ3n) is 3.99. The monoisotopic (exact) mass is 274 g/mol. The third-order valence-corrected chi connectivity index (χ3v) is 3.99. The van der Waals surface area contributed by atoms with Crippen molar-refractivity contribution in [3.8, 4) is 0 Å². The maximum absolute atomic E-state index is 9.79. The molecular weight excluding hydrogens is 244 g/mol. The minimum Gasteiger partial charge on any atom is -0.393 e. The molecule has 19 heavy (non-hydrogen) atoms. The van der Waals surface area contributed by atoms with Crippen molar-refractivity contribution in [1.82, 2.24) is 0 Å². The Morgan fingerprint density at radius 1 is 0.421 bits per heavy atom. The van der Waals surface area contributed by atoms with Gasteiger partial charge in [0.2, 0.25) is 0 Å². The van der Waals surface area contributed by atoms with Crippen LogP contribution in [0.5, 0.6) is 0 Å². The molecule has 0 spiro atoms. The van der Waals surface area contributed by atoms with Gasteiger partial charge in [-0.3, -0.25) is 0 Å². The van der Waals surface area contributed by atoms with Crippen molar-refractivity contribution in [2.75, 3.05) is 0 Å². The predicted octanol–water partition coefficient (Wildman–Crippen LogP) is 1.73. The molecule has 1 saturated carbocycles. The largest absolute Gasteiger partial charge is 0.393 e. The fraction of sp³-hybridized carbons (Fsp3) is 1.00. The summed E-state index contributed by atoms with van der Waals surface area (Å²) in [4.78, 5) is 0. The molecule has 0 aromatic carbocycles. The fourth-order valence-corrected chi connectivity index (χ4v) is 2.80. The van der Waals surface area contributed by atoms with Gasteiger partial charge in [-0.1, -0.05) is 32.1 Å². The molecule has 1 fully saturated rings. The molecule has 4 nitrogen and oxygen atoms in total. The number of aliphatic hydroxyl groups is 4. The van der Waals surface area contributed by atoms with Crippen LogP contribution in [-0.4, -0.2) is 44.8 Å². The summed E-state index contributed by atoms with van der Waals surface area (Å²) in [5.41, 5.74) is 0. The zero-order valence-corrected chi connectivity index (χ0v) is 11.9. The molecule has 1 aliphatic rings. The van der Waals surface area contributed by atoms with E-state index >= 15 is 0 Å². The van der Waals surface area contributed by atoms with E-state index in [1.54, 1.807) is 0 Å². The predicted molar refractivity (Wildman–Crippen MR) is 74.8 cm³/mol. The van der Waals surface area contributed by atoms with E-state index in [1.165, 1.54) is 0 Å². The van der Waals surface area contributed by atoms with Gasteiger partial charge in [0, 0.05) is 0 Å². The highest BCUT2D eigenvalue weighted by Crippen LogP contribution is 2.17. The highest BCUT2D eigenvalue weighted by Gasteiger charge is 2.15. The van der Waals surface area contributed by atoms with Crippen molar-refractivity contribution in [3.63, 3.8) is 0 Å². The summed E-state index contributed by atoms with van der Waals surface area (Å²) in [6.45, 7) is 0. The molecule has 0 radical (unpaired) electrons. The van der Waals surface area contributed by atoms with Crippen LogP contribution >= 0.6 is 0 Å². The Labute approximate surface area is 116 Å². The van der Waals surface area contributed by atoms with Crippen LogP contribution in [-0.2, 0) is 0 Å². The molecule has 114 valence electrons. The molecule has 1 rings (SSSR count). The van der Waals surface area contributed by atoms with Crippen LogP contribution in [0, 0.1) is 0 Å². The Morgan fingerprint density at radius 3 is 1.00 bits per heavy atom. The minimum absolute atomic E-state index is 0.407. The standard InChI is InChI=1S/C15H30O4/c16-12-6-2-1-3-7-13(17)11-15(19)9-5-4-8-14(18)10-12/h12-19H,1-11H2/t12-,13?,14?,15?/m1/s1. The first-order valence-corrected chi connectivity index (χ1v) is 7.80. The van der Waals surface area contributed by atoms with Crippen LogP contribution in [0.1, 0.15) is 70.6 Å². The van der Waals surface area contributed by atoms with E-state index in [0.29, 0.717) is 25.7 Å². The second-order valence-corrected chi connectivity index (χ2v) is 6.01. The van der Waals surface area contributed by atoms with E-state index in [9.17, 15) is 20.4 Å². The van der Waals surface area contributed by atoms with Gasteiger partial charge in [0.25, 0.3) is 0 Å². The molecule has 4 atom stereocenters. The molecule has 0 bridgehead atoms. The molecule has 0 heterocycles. The Balaban J connectivity index is 2.36. The van der Waals surface area contributed by atoms with Crippen molar-refractivity contribution >= 4 is 0 Å². The Bertz CT molecular complexity index is 200. The smallest absolute Gasteiger partial charge is 0.0564 e. The van der Waals surface area contributed by atoms with E-state index < -0.39 is 24.4 Å². The summed E-state index contributed by atoms with van der Waals surface area (Å²) in [6.07, 6.45) is 6.67. The van der Waals surface area contributed by atoms with E-state index in [-0.39, 0.29) is 0 Å². The molecule has 0 aliphatic heterocycles. The van der Waals surface area contributed by atoms with Gasteiger partial charge in [0.05, 0.1) is 24.4 Å². The first-order valence-electron chi connectivity index (χ1n) is 7.80. The van der Waals surface area contributed by atoms with Crippen LogP contribution in [0.3, 0.4) is 0 Å². The Kier molecular flexibility index (Phi) is 8.62. The molecular formula is C15H30O4. The van der Waals surface area contributed by atoms with Crippen LogP contribution in [0.15, 0.2) is 0 Å². The fourth-order valence-electron chi connectivity index (χ4n) is 2.80. The zero-order valence-electron chi connectivity index (χ0n) is 11.9. The normalized spacial score (nSPS) is 37.3. The highest BCUT2D eigenvalue weighted by atomic mass is 16.3. The third kappa shape index (κ3) is 8.58. The van der Waals surface area contributed by atoms with Gasteiger partial charge >= 0.3 is 0 Å². The van der Waals surface area contributed by atoms with Crippen molar-refractivity contribution < 1.29 is 20.4 Å². The summed E-state index contributed by atoms with van der Waals surface area (Å²) in [5, 5.41) is 39.2. The number of aliphatic hydroxyl groups excluding tert-OH is 4. The van der Waals surface area contributed by atoms with E-state index in [0.717, 1.165) is 44.9 Å². The number of hydrogen-bond acceptors (Lipinski definition) is 4. The molecule has 0 amide bonds. The van der Waals surface area contributed by atoms with E-state index in [4.69, 9.17) is 0 Å². The highest BCUT2D eigenvalue weighted by molar-refractivity contribution is 4.68. The van der Waals surface area contributed by atoms with Crippen LogP contribution in [0.25, 0.3) is 0 Å². The van der Waals surface area contributed by atoms with Crippen LogP contribution < -0.4 is 0 Å². The summed E-state index contributed by atoms with van der Waals surface area (Å²) in [7, 11) is 0. The zero-order chi connectivity index (χ0) is 14.1. The minimum atomic E-state index is -0.428. The maximum atomic E-state index is 9.79. The van der Waals surface area contributed by atoms with Gasteiger partial charge in [-0.05, 0) is 38.5 Å². The van der Waals surface area contributed by atoms with Crippen molar-refractivity contribution in [2.24, 2.45) is 0 Å². The number of hydrogen-bond donors (Lipinski definition) is 4. The van der Waals surface area contributed by atoms with Crippen LogP contribution in [0.4, 0.5) is 0 Å². The van der Waals surface area contributed by atoms with Crippen LogP contribution in [0.2, 0.25) is 0 Å². The first kappa shape index (κ1) is 16.9. The molecule has 4 N–H and O–H groups in total. The maximum Gasteiger partial charge on any atom is 0.0564 e. The molecule has 4 heteroatoms. The molecule has 0 aromatic heterocycles. The van der Waals surface area contributed by atoms with Gasteiger partial charge in [-0.25, -0.2) is 0 Å². The van der Waals surface area contributed by atoms with Gasteiger partial charge in [-0.15, -0.1) is 0 Å². The lowest BCUT2D eigenvalue weighted by molar-refractivity contribution is 0.0634. The summed E-state index contributed by atoms with van der Waals surface area (Å²) in [5.74, 6) is 0. The lowest BCUT2D eigenvalue weighted by Crippen LogP contribution is -2.18. The molecule has 0 saturated heterocycles. The van der Waals surface area contributed by atoms with Crippen molar-refractivity contribution in [1.29, 1.82) is 0 Å². The van der Waals surface area contributed by atoms with Gasteiger partial charge in [-0.2, -0.15) is 0 Å². The lowest BCUT2D eigenvalue weighted by Gasteiger charge is -2.16. The Hall–Kier alpha value is -0.160. The van der Waals surface area contributed by atoms with Gasteiger partial charge in [0.15, 0.2) is 0 Å². The lowest BCUT2D eigenvalue weighted by atomic mass is 10.0. The quantitative estimate of drug-likeness (QED) is 0.542. The van der Waals surface area contributed by atoms with E-state index in [2.05, 4.69) is 0 Å². The second-order valence-electron chi connectivity index (χ2n) is 6.01. The molecule has 3 unspecified atom stereocenters. The van der Waals surface area contributed by atoms with E-state index in [1.807, 2.05) is 0 Å². The topological polar surface area (TPSA) is 80.9 Å². The van der Waals surface area contributed by atoms with Gasteiger partial charge < -0.3 is 20.4 Å². The number of rotatable bonds is 0. The average Bonchev–Trinajstić information content (AvgIpc) is 2.33. The summed E-state index contributed by atoms with van der Waals surface area (Å²) < 4.78 is 0. The molecule has 1 aliphatic carbocycles. The molecule has 0 aromatic rings. The second kappa shape index (κ2) is 9.70. The SMILES string of the molecule is OC1CCCCC[C@@H](O)CC(O)CCCCC(O)C1. The summed E-state index contributed by atoms with van der Waals surface area (Å²) >= 11 is 0. The Morgan fingerprint density at radius 2 is 0.684 bits per heavy atom. The first-order chi connectivity index (χ1) is 9.08. The summed E-state index contributed by atoms with van der Waals surface area (Å²) in [6, 6.07) is 0. The van der Waals surface area contributed by atoms with Crippen molar-refractivity contribution in [2.45, 2.75) is 95.0 Å². The van der Waals surface area contributed by atoms with Crippen molar-refractivity contribution in [3.05, 3.63) is 0 Å². The van der Waals surface area contributed by atoms with Gasteiger partial charge in [0.1, 0.15) is 0 Å².